The number of rotatable bonds is 2. The van der Waals surface area contributed by atoms with E-state index in [2.05, 4.69) is 10.4 Å². The fourth-order valence-corrected chi connectivity index (χ4v) is 2.99. The summed E-state index contributed by atoms with van der Waals surface area (Å²) in [5, 5.41) is 7.95. The number of hydrogen-bond acceptors (Lipinski definition) is 3. The second-order valence-corrected chi connectivity index (χ2v) is 6.41. The lowest BCUT2D eigenvalue weighted by atomic mass is 10.1. The standard InChI is InChI=1S/C17H21ClN4O2/c1-11-13(3)24-8-7-21(11)17(23)20-16-10-19-22(12(16)2)15-6-4-5-14(18)9-15/h4-6,9-11,13H,7-8H2,1-3H3,(H,20,23)/t11-,13-/m1/s1. The number of carbonyl (C=O) groups is 1. The van der Waals surface area contributed by atoms with Gasteiger partial charge in [-0.3, -0.25) is 0 Å². The first-order valence-electron chi connectivity index (χ1n) is 7.97. The number of nitrogens with one attached hydrogen (secondary N) is 1. The number of morpholine rings is 1. The molecule has 1 aromatic carbocycles. The van der Waals surface area contributed by atoms with Crippen molar-refractivity contribution in [1.29, 1.82) is 0 Å². The summed E-state index contributed by atoms with van der Waals surface area (Å²) in [6.07, 6.45) is 1.68. The first-order valence-corrected chi connectivity index (χ1v) is 8.35. The Morgan fingerprint density at radius 2 is 2.21 bits per heavy atom. The van der Waals surface area contributed by atoms with Crippen molar-refractivity contribution in [3.8, 4) is 5.69 Å². The quantitative estimate of drug-likeness (QED) is 0.904. The molecule has 3 rings (SSSR count). The Balaban J connectivity index is 1.78. The molecule has 1 aliphatic heterocycles. The number of halogens is 1. The van der Waals surface area contributed by atoms with Gasteiger partial charge in [-0.05, 0) is 39.0 Å². The minimum Gasteiger partial charge on any atom is -0.375 e. The maximum absolute atomic E-state index is 12.6. The van der Waals surface area contributed by atoms with Crippen LogP contribution in [0.4, 0.5) is 10.5 Å². The Morgan fingerprint density at radius 3 is 2.96 bits per heavy atom. The van der Waals surface area contributed by atoms with Gasteiger partial charge < -0.3 is 15.0 Å². The molecule has 1 aliphatic rings. The number of urea groups is 1. The second-order valence-electron chi connectivity index (χ2n) is 5.98. The molecule has 1 N–H and O–H groups in total. The highest BCUT2D eigenvalue weighted by Gasteiger charge is 2.29. The summed E-state index contributed by atoms with van der Waals surface area (Å²) in [4.78, 5) is 14.4. The lowest BCUT2D eigenvalue weighted by molar-refractivity contribution is -0.0355. The summed E-state index contributed by atoms with van der Waals surface area (Å²) >= 11 is 6.04. The first-order chi connectivity index (χ1) is 11.5. The van der Waals surface area contributed by atoms with Crippen molar-refractivity contribution in [3.05, 3.63) is 41.2 Å². The third-order valence-electron chi connectivity index (χ3n) is 4.45. The van der Waals surface area contributed by atoms with Crippen molar-refractivity contribution < 1.29 is 9.53 Å². The van der Waals surface area contributed by atoms with E-state index in [1.165, 1.54) is 0 Å². The second kappa shape index (κ2) is 6.83. The topological polar surface area (TPSA) is 59.4 Å². The van der Waals surface area contributed by atoms with Crippen LogP contribution in [0.5, 0.6) is 0 Å². The number of ether oxygens (including phenoxy) is 1. The zero-order valence-corrected chi connectivity index (χ0v) is 14.7. The minimum atomic E-state index is -0.133. The van der Waals surface area contributed by atoms with E-state index in [1.54, 1.807) is 15.8 Å². The molecule has 1 saturated heterocycles. The molecule has 2 atom stereocenters. The highest BCUT2D eigenvalue weighted by Crippen LogP contribution is 2.22. The van der Waals surface area contributed by atoms with Crippen LogP contribution in [0.15, 0.2) is 30.5 Å². The van der Waals surface area contributed by atoms with Crippen LogP contribution in [0.3, 0.4) is 0 Å². The number of benzene rings is 1. The van der Waals surface area contributed by atoms with Gasteiger partial charge in [0.05, 0.1) is 42.0 Å². The van der Waals surface area contributed by atoms with Crippen LogP contribution in [0, 0.1) is 6.92 Å². The fraction of sp³-hybridized carbons (Fsp3) is 0.412. The predicted octanol–water partition coefficient (Wildman–Crippen LogP) is 3.48. The number of nitrogens with zero attached hydrogens (tertiary/aromatic N) is 3. The number of carbonyl (C=O) groups excluding carboxylic acids is 1. The van der Waals surface area contributed by atoms with Gasteiger partial charge >= 0.3 is 6.03 Å². The van der Waals surface area contributed by atoms with Crippen molar-refractivity contribution >= 4 is 23.3 Å². The molecule has 0 unspecified atom stereocenters. The van der Waals surface area contributed by atoms with E-state index in [0.717, 1.165) is 11.4 Å². The van der Waals surface area contributed by atoms with Gasteiger partial charge in [0, 0.05) is 11.6 Å². The SMILES string of the molecule is Cc1c(NC(=O)N2CCO[C@H](C)[C@H]2C)cnn1-c1cccc(Cl)c1. The average molecular weight is 349 g/mol. The Morgan fingerprint density at radius 1 is 1.42 bits per heavy atom. The number of amides is 2. The zero-order chi connectivity index (χ0) is 17.3. The van der Waals surface area contributed by atoms with Crippen molar-refractivity contribution in [2.45, 2.75) is 32.9 Å². The predicted molar refractivity (Wildman–Crippen MR) is 93.9 cm³/mol. The molecule has 1 aromatic heterocycles. The molecule has 0 spiro atoms. The summed E-state index contributed by atoms with van der Waals surface area (Å²) in [5.41, 5.74) is 2.39. The van der Waals surface area contributed by atoms with Crippen LogP contribution < -0.4 is 5.32 Å². The molecule has 2 aromatic rings. The summed E-state index contributed by atoms with van der Waals surface area (Å²) in [6.45, 7) is 7.02. The zero-order valence-electron chi connectivity index (χ0n) is 14.0. The van der Waals surface area contributed by atoms with Gasteiger partial charge in [0.1, 0.15) is 0 Å². The molecule has 2 heterocycles. The van der Waals surface area contributed by atoms with Gasteiger partial charge in [0.25, 0.3) is 0 Å². The normalized spacial score (nSPS) is 20.9. The van der Waals surface area contributed by atoms with Crippen LogP contribution in [0.25, 0.3) is 5.69 Å². The van der Waals surface area contributed by atoms with E-state index >= 15 is 0 Å². The van der Waals surface area contributed by atoms with Crippen LogP contribution in [0.2, 0.25) is 5.02 Å². The van der Waals surface area contributed by atoms with Gasteiger partial charge in [-0.1, -0.05) is 17.7 Å². The maximum atomic E-state index is 12.6. The molecule has 0 bridgehead atoms. The summed E-state index contributed by atoms with van der Waals surface area (Å²) in [6, 6.07) is 7.33. The van der Waals surface area contributed by atoms with Crippen LogP contribution in [-0.4, -0.2) is 46.0 Å². The van der Waals surface area contributed by atoms with Crippen molar-refractivity contribution in [2.24, 2.45) is 0 Å². The van der Waals surface area contributed by atoms with E-state index in [9.17, 15) is 4.79 Å². The third kappa shape index (κ3) is 3.25. The average Bonchev–Trinajstić information content (AvgIpc) is 2.91. The Hall–Kier alpha value is -2.05. The molecule has 7 heteroatoms. The summed E-state index contributed by atoms with van der Waals surface area (Å²) in [7, 11) is 0. The van der Waals surface area contributed by atoms with E-state index in [0.29, 0.717) is 23.9 Å². The summed E-state index contributed by atoms with van der Waals surface area (Å²) < 4.78 is 7.32. The molecule has 0 radical (unpaired) electrons. The lowest BCUT2D eigenvalue weighted by Gasteiger charge is -2.37. The Bertz CT molecular complexity index is 746. The molecule has 1 fully saturated rings. The number of hydrogen-bond donors (Lipinski definition) is 1. The fourth-order valence-electron chi connectivity index (χ4n) is 2.81. The van der Waals surface area contributed by atoms with Crippen LogP contribution >= 0.6 is 11.6 Å². The van der Waals surface area contributed by atoms with Crippen LogP contribution in [0.1, 0.15) is 19.5 Å². The highest BCUT2D eigenvalue weighted by molar-refractivity contribution is 6.30. The van der Waals surface area contributed by atoms with Gasteiger partial charge in [-0.2, -0.15) is 5.10 Å². The highest BCUT2D eigenvalue weighted by atomic mass is 35.5. The van der Waals surface area contributed by atoms with E-state index in [4.69, 9.17) is 16.3 Å². The van der Waals surface area contributed by atoms with Crippen molar-refractivity contribution in [1.82, 2.24) is 14.7 Å². The molecule has 128 valence electrons. The number of aromatic nitrogens is 2. The molecule has 0 aliphatic carbocycles. The molecule has 6 nitrogen and oxygen atoms in total. The van der Waals surface area contributed by atoms with E-state index < -0.39 is 0 Å². The number of anilines is 1. The van der Waals surface area contributed by atoms with Gasteiger partial charge in [-0.15, -0.1) is 0 Å². The largest absolute Gasteiger partial charge is 0.375 e. The Labute approximate surface area is 146 Å². The summed E-state index contributed by atoms with van der Waals surface area (Å²) in [5.74, 6) is 0. The monoisotopic (exact) mass is 348 g/mol. The molecular formula is C17H21ClN4O2. The van der Waals surface area contributed by atoms with E-state index in [1.807, 2.05) is 45.0 Å². The smallest absolute Gasteiger partial charge is 0.322 e. The van der Waals surface area contributed by atoms with Crippen molar-refractivity contribution in [3.63, 3.8) is 0 Å². The maximum Gasteiger partial charge on any atom is 0.322 e. The lowest BCUT2D eigenvalue weighted by Crippen LogP contribution is -2.52. The van der Waals surface area contributed by atoms with Gasteiger partial charge in [-0.25, -0.2) is 9.48 Å². The third-order valence-corrected chi connectivity index (χ3v) is 4.68. The van der Waals surface area contributed by atoms with Crippen LogP contribution in [-0.2, 0) is 4.74 Å². The molecule has 2 amide bonds. The minimum absolute atomic E-state index is 0.0276. The van der Waals surface area contributed by atoms with Gasteiger partial charge in [0.15, 0.2) is 0 Å². The van der Waals surface area contributed by atoms with Crippen molar-refractivity contribution in [2.75, 3.05) is 18.5 Å². The van der Waals surface area contributed by atoms with Gasteiger partial charge in [0.2, 0.25) is 0 Å². The first kappa shape index (κ1) is 16.8. The molecule has 0 saturated carbocycles. The Kier molecular flexibility index (Phi) is 4.78. The van der Waals surface area contributed by atoms with E-state index in [-0.39, 0.29) is 18.2 Å². The molecule has 24 heavy (non-hydrogen) atoms. The molecular weight excluding hydrogens is 328 g/mol.